The fraction of sp³-hybridized carbons (Fsp3) is 0.410. The quantitative estimate of drug-likeness (QED) is 0.174. The minimum Gasteiger partial charge on any atom is -0.508 e. The lowest BCUT2D eigenvalue weighted by Crippen LogP contribution is -2.37. The third kappa shape index (κ3) is 9.87. The molecular formula is C39H48FNO5. The maximum absolute atomic E-state index is 12.9. The van der Waals surface area contributed by atoms with Crippen LogP contribution in [0.3, 0.4) is 0 Å². The van der Waals surface area contributed by atoms with Gasteiger partial charge in [0.1, 0.15) is 29.0 Å². The number of ether oxygens (including phenoxy) is 2. The summed E-state index contributed by atoms with van der Waals surface area (Å²) < 4.78 is 24.5. The Morgan fingerprint density at radius 2 is 1.59 bits per heavy atom. The topological polar surface area (TPSA) is 79.2 Å². The van der Waals surface area contributed by atoms with Crippen molar-refractivity contribution in [1.82, 2.24) is 4.90 Å². The van der Waals surface area contributed by atoms with E-state index in [9.17, 15) is 19.4 Å². The van der Waals surface area contributed by atoms with Crippen LogP contribution in [0, 0.1) is 0 Å². The largest absolute Gasteiger partial charge is 0.508 e. The van der Waals surface area contributed by atoms with Crippen LogP contribution in [0.25, 0.3) is 17.2 Å². The maximum Gasteiger partial charge on any atom is 0.410 e. The number of aromatic hydroxyl groups is 2. The van der Waals surface area contributed by atoms with E-state index in [2.05, 4.69) is 0 Å². The smallest absolute Gasteiger partial charge is 0.410 e. The van der Waals surface area contributed by atoms with E-state index in [0.717, 1.165) is 71.9 Å². The van der Waals surface area contributed by atoms with Gasteiger partial charge >= 0.3 is 6.09 Å². The summed E-state index contributed by atoms with van der Waals surface area (Å²) in [7, 11) is 0. The summed E-state index contributed by atoms with van der Waals surface area (Å²) in [5.74, 6) is 1.02. The van der Waals surface area contributed by atoms with E-state index in [0.29, 0.717) is 25.3 Å². The molecule has 46 heavy (non-hydrogen) atoms. The predicted molar refractivity (Wildman–Crippen MR) is 184 cm³/mol. The molecule has 0 fully saturated rings. The first-order valence-corrected chi connectivity index (χ1v) is 16.4. The number of rotatable bonds is 14. The summed E-state index contributed by atoms with van der Waals surface area (Å²) >= 11 is 0. The normalized spacial score (nSPS) is 14.7. The zero-order valence-corrected chi connectivity index (χ0v) is 27.6. The van der Waals surface area contributed by atoms with E-state index >= 15 is 0 Å². The fourth-order valence-electron chi connectivity index (χ4n) is 5.68. The second-order valence-corrected chi connectivity index (χ2v) is 12.9. The third-order valence-electron chi connectivity index (χ3n) is 8.02. The molecule has 0 aliphatic carbocycles. The average Bonchev–Trinajstić information content (AvgIpc) is 3.01. The van der Waals surface area contributed by atoms with Crippen LogP contribution in [0.2, 0.25) is 0 Å². The molecule has 1 heterocycles. The van der Waals surface area contributed by atoms with Gasteiger partial charge in [-0.05, 0) is 93.1 Å². The van der Waals surface area contributed by atoms with Crippen molar-refractivity contribution in [2.75, 3.05) is 19.8 Å². The van der Waals surface area contributed by atoms with Gasteiger partial charge in [-0.15, -0.1) is 0 Å². The second kappa shape index (κ2) is 16.3. The summed E-state index contributed by atoms with van der Waals surface area (Å²) in [6, 6.07) is 20.3. The van der Waals surface area contributed by atoms with Crippen LogP contribution >= 0.6 is 0 Å². The number of phenolic OH excluding ortho intramolecular Hbond substituents is 2. The molecule has 0 aromatic heterocycles. The predicted octanol–water partition coefficient (Wildman–Crippen LogP) is 10.1. The van der Waals surface area contributed by atoms with E-state index in [1.54, 1.807) is 35.2 Å². The number of benzene rings is 3. The highest BCUT2D eigenvalue weighted by molar-refractivity contribution is 5.95. The molecule has 1 unspecified atom stereocenters. The van der Waals surface area contributed by atoms with Crippen LogP contribution in [-0.2, 0) is 4.74 Å². The van der Waals surface area contributed by atoms with Crippen LogP contribution in [0.15, 0.2) is 72.8 Å². The zero-order chi connectivity index (χ0) is 33.1. The number of alkyl halides is 1. The third-order valence-corrected chi connectivity index (χ3v) is 8.02. The first-order valence-electron chi connectivity index (χ1n) is 16.4. The van der Waals surface area contributed by atoms with Crippen molar-refractivity contribution in [2.24, 2.45) is 0 Å². The Morgan fingerprint density at radius 3 is 2.26 bits per heavy atom. The monoisotopic (exact) mass is 629 g/mol. The molecule has 1 aliphatic heterocycles. The van der Waals surface area contributed by atoms with Gasteiger partial charge in [0, 0.05) is 24.2 Å². The molecule has 1 aliphatic rings. The fourth-order valence-corrected chi connectivity index (χ4v) is 5.68. The number of unbranched alkanes of at least 4 members (excludes halogenated alkanes) is 6. The van der Waals surface area contributed by atoms with Gasteiger partial charge in [-0.2, -0.15) is 0 Å². The summed E-state index contributed by atoms with van der Waals surface area (Å²) in [4.78, 5) is 14.7. The molecule has 1 amide bonds. The summed E-state index contributed by atoms with van der Waals surface area (Å²) in [6.45, 7) is 8.45. The Morgan fingerprint density at radius 1 is 0.913 bits per heavy atom. The number of carbonyl (C=O) groups excluding carboxylic acids is 1. The summed E-state index contributed by atoms with van der Waals surface area (Å²) in [5.41, 5.74) is 4.92. The SMILES string of the molecule is CC1=C(c2cccc(O)c2)C(c2ccc(C=CCN(CCCCCCCCCF)C(=O)OC(C)(C)C)cc2)Oc2ccc(O)cc21. The number of fused-ring (bicyclic) bond motifs is 1. The number of amides is 1. The minimum atomic E-state index is -0.572. The Hall–Kier alpha value is -4.26. The van der Waals surface area contributed by atoms with Gasteiger partial charge in [-0.1, -0.05) is 80.7 Å². The first-order chi connectivity index (χ1) is 22.1. The van der Waals surface area contributed by atoms with E-state index < -0.39 is 11.7 Å². The van der Waals surface area contributed by atoms with Gasteiger partial charge in [0.2, 0.25) is 0 Å². The van der Waals surface area contributed by atoms with Crippen molar-refractivity contribution in [3.8, 4) is 17.2 Å². The van der Waals surface area contributed by atoms with Crippen LogP contribution in [0.1, 0.15) is 101 Å². The Labute approximate surface area is 273 Å². The molecule has 0 radical (unpaired) electrons. The van der Waals surface area contributed by atoms with Crippen molar-refractivity contribution in [2.45, 2.75) is 84.3 Å². The van der Waals surface area contributed by atoms with Gasteiger partial charge < -0.3 is 24.6 Å². The number of hydrogen-bond acceptors (Lipinski definition) is 5. The number of hydrogen-bond donors (Lipinski definition) is 2. The second-order valence-electron chi connectivity index (χ2n) is 12.9. The van der Waals surface area contributed by atoms with Crippen molar-refractivity contribution in [3.05, 3.63) is 95.1 Å². The van der Waals surface area contributed by atoms with Crippen LogP contribution < -0.4 is 4.74 Å². The van der Waals surface area contributed by atoms with Gasteiger partial charge in [0.25, 0.3) is 0 Å². The summed E-state index contributed by atoms with van der Waals surface area (Å²) in [5, 5.41) is 20.4. The number of nitrogens with zero attached hydrogens (tertiary/aromatic N) is 1. The molecule has 0 spiro atoms. The molecule has 3 aromatic carbocycles. The molecule has 0 saturated heterocycles. The molecule has 6 nitrogen and oxygen atoms in total. The minimum absolute atomic E-state index is 0.165. The number of allylic oxidation sites excluding steroid dienone is 1. The molecule has 7 heteroatoms. The zero-order valence-electron chi connectivity index (χ0n) is 27.6. The Balaban J connectivity index is 1.45. The number of halogens is 1. The molecule has 1 atom stereocenters. The van der Waals surface area contributed by atoms with E-state index in [1.165, 1.54) is 0 Å². The molecule has 4 rings (SSSR count). The van der Waals surface area contributed by atoms with Crippen LogP contribution in [0.5, 0.6) is 17.2 Å². The van der Waals surface area contributed by atoms with Crippen LogP contribution in [-0.4, -0.2) is 46.6 Å². The van der Waals surface area contributed by atoms with Gasteiger partial charge in [-0.3, -0.25) is 4.39 Å². The lowest BCUT2D eigenvalue weighted by atomic mass is 9.86. The van der Waals surface area contributed by atoms with Gasteiger partial charge in [0.15, 0.2) is 0 Å². The van der Waals surface area contributed by atoms with Crippen molar-refractivity contribution < 1.29 is 28.9 Å². The van der Waals surface area contributed by atoms with Crippen molar-refractivity contribution in [1.29, 1.82) is 0 Å². The molecule has 3 aromatic rings. The average molecular weight is 630 g/mol. The Kier molecular flexibility index (Phi) is 12.3. The van der Waals surface area contributed by atoms with E-state index in [4.69, 9.17) is 9.47 Å². The lowest BCUT2D eigenvalue weighted by Gasteiger charge is -2.31. The Bertz CT molecular complexity index is 1510. The molecule has 0 bridgehead atoms. The van der Waals surface area contributed by atoms with Crippen molar-refractivity contribution in [3.63, 3.8) is 0 Å². The maximum atomic E-state index is 12.9. The van der Waals surface area contributed by atoms with E-state index in [-0.39, 0.29) is 24.3 Å². The molecule has 2 N–H and O–H groups in total. The van der Waals surface area contributed by atoms with E-state index in [1.807, 2.05) is 76.2 Å². The van der Waals surface area contributed by atoms with Gasteiger partial charge in [-0.25, -0.2) is 4.79 Å². The molecule has 0 saturated carbocycles. The number of carbonyl (C=O) groups is 1. The van der Waals surface area contributed by atoms with Gasteiger partial charge in [0.05, 0.1) is 6.67 Å². The first kappa shape index (κ1) is 34.6. The van der Waals surface area contributed by atoms with Crippen molar-refractivity contribution >= 4 is 23.3 Å². The van der Waals surface area contributed by atoms with Crippen LogP contribution in [0.4, 0.5) is 9.18 Å². The molecular weight excluding hydrogens is 581 g/mol. The highest BCUT2D eigenvalue weighted by Crippen LogP contribution is 2.47. The lowest BCUT2D eigenvalue weighted by molar-refractivity contribution is 0.0269. The highest BCUT2D eigenvalue weighted by Gasteiger charge is 2.29. The summed E-state index contributed by atoms with van der Waals surface area (Å²) in [6.07, 6.45) is 9.98. The number of phenols is 2. The standard InChI is InChI=1S/C39H48FNO5/c1-28-34-27-33(43)21-22-35(34)45-37(36(28)31-15-12-16-32(42)26-31)30-19-17-29(18-20-30)14-13-25-41(38(44)46-39(2,3)4)24-11-9-7-5-6-8-10-23-40/h12-22,26-27,37,42-43H,5-11,23-25H2,1-4H3. The highest BCUT2D eigenvalue weighted by atomic mass is 19.1. The molecule has 246 valence electrons.